The van der Waals surface area contributed by atoms with Gasteiger partial charge in [0.05, 0.1) is 0 Å². The third-order valence-corrected chi connectivity index (χ3v) is 1.64. The minimum absolute atomic E-state index is 0.135. The molecule has 0 saturated carbocycles. The van der Waals surface area contributed by atoms with E-state index in [0.717, 1.165) is 12.8 Å². The largest absolute Gasteiger partial charge is 0.236 e. The quantitative estimate of drug-likeness (QED) is 0.283. The molecule has 1 unspecified atom stereocenters. The topological polar surface area (TPSA) is 29.4 Å². The van der Waals surface area contributed by atoms with Crippen LogP contribution in [0.4, 0.5) is 0 Å². The van der Waals surface area contributed by atoms with Gasteiger partial charge in [-0.15, -0.1) is 0 Å². The second-order valence-electron chi connectivity index (χ2n) is 2.20. The molecule has 1 atom stereocenters. The second-order valence-corrected chi connectivity index (χ2v) is 2.79. The Balaban J connectivity index is 3.21. The third kappa shape index (κ3) is 5.86. The first-order chi connectivity index (χ1) is 4.81. The molecular formula is C7H13NOS. The molecule has 0 aromatic carbocycles. The summed E-state index contributed by atoms with van der Waals surface area (Å²) in [7, 11) is 0. The molecule has 0 aromatic heterocycles. The number of carbonyl (C=O) groups excluding carboxylic acids is 1. The number of hydrogen-bond donors (Lipinski definition) is 1. The van der Waals surface area contributed by atoms with Gasteiger partial charge in [0.25, 0.3) is 0 Å². The summed E-state index contributed by atoms with van der Waals surface area (Å²) in [5.41, 5.74) is 0. The zero-order chi connectivity index (χ0) is 7.82. The fourth-order valence-corrected chi connectivity index (χ4v) is 0.932. The molecule has 0 aliphatic carbocycles. The van der Waals surface area contributed by atoms with E-state index in [9.17, 15) is 4.79 Å². The van der Waals surface area contributed by atoms with Gasteiger partial charge in [0.1, 0.15) is 5.37 Å². The summed E-state index contributed by atoms with van der Waals surface area (Å²) in [5.74, 6) is 0. The van der Waals surface area contributed by atoms with Crippen LogP contribution in [0.1, 0.15) is 32.6 Å². The Bertz CT molecular complexity index is 121. The van der Waals surface area contributed by atoms with Crippen LogP contribution in [0.3, 0.4) is 0 Å². The maximum atomic E-state index is 9.71. The fraction of sp³-hybridized carbons (Fsp3) is 0.857. The van der Waals surface area contributed by atoms with Gasteiger partial charge in [0.2, 0.25) is 6.08 Å². The molecular weight excluding hydrogens is 146 g/mol. The van der Waals surface area contributed by atoms with E-state index in [2.05, 4.69) is 24.5 Å². The van der Waals surface area contributed by atoms with Gasteiger partial charge in [-0.3, -0.25) is 0 Å². The van der Waals surface area contributed by atoms with E-state index in [1.54, 1.807) is 0 Å². The molecule has 0 aromatic rings. The van der Waals surface area contributed by atoms with Crippen LogP contribution in [-0.2, 0) is 4.79 Å². The SMILES string of the molecule is CCCCCC(S)N=C=O. The summed E-state index contributed by atoms with van der Waals surface area (Å²) < 4.78 is 0. The zero-order valence-electron chi connectivity index (χ0n) is 6.21. The van der Waals surface area contributed by atoms with E-state index in [1.165, 1.54) is 18.9 Å². The smallest absolute Gasteiger partial charge is 0.211 e. The summed E-state index contributed by atoms with van der Waals surface area (Å²) >= 11 is 4.05. The monoisotopic (exact) mass is 159 g/mol. The second kappa shape index (κ2) is 6.84. The van der Waals surface area contributed by atoms with Crippen molar-refractivity contribution in [1.82, 2.24) is 0 Å². The maximum absolute atomic E-state index is 9.71. The summed E-state index contributed by atoms with van der Waals surface area (Å²) in [6.07, 6.45) is 5.84. The van der Waals surface area contributed by atoms with Crippen molar-refractivity contribution in [3.8, 4) is 0 Å². The Labute approximate surface area is 67.1 Å². The molecule has 0 saturated heterocycles. The third-order valence-electron chi connectivity index (χ3n) is 1.27. The first-order valence-electron chi connectivity index (χ1n) is 3.56. The van der Waals surface area contributed by atoms with E-state index in [1.807, 2.05) is 0 Å². The van der Waals surface area contributed by atoms with Crippen molar-refractivity contribution in [3.63, 3.8) is 0 Å². The average molecular weight is 159 g/mol. The van der Waals surface area contributed by atoms with E-state index in [0.29, 0.717) is 0 Å². The van der Waals surface area contributed by atoms with Crippen LogP contribution in [0.15, 0.2) is 4.99 Å². The summed E-state index contributed by atoms with van der Waals surface area (Å²) in [6, 6.07) is 0. The minimum atomic E-state index is -0.135. The predicted molar refractivity (Wildman–Crippen MR) is 45.0 cm³/mol. The standard InChI is InChI=1S/C7H13NOS/c1-2-3-4-5-7(10)8-6-9/h7,10H,2-5H2,1H3. The maximum Gasteiger partial charge on any atom is 0.236 e. The minimum Gasteiger partial charge on any atom is -0.211 e. The molecule has 0 N–H and O–H groups in total. The Morgan fingerprint density at radius 3 is 2.80 bits per heavy atom. The van der Waals surface area contributed by atoms with Crippen molar-refractivity contribution in [2.45, 2.75) is 38.0 Å². The van der Waals surface area contributed by atoms with Crippen LogP contribution in [0.2, 0.25) is 0 Å². The highest BCUT2D eigenvalue weighted by Gasteiger charge is 1.97. The summed E-state index contributed by atoms with van der Waals surface area (Å²) in [4.78, 5) is 13.2. The van der Waals surface area contributed by atoms with E-state index >= 15 is 0 Å². The van der Waals surface area contributed by atoms with Gasteiger partial charge in [-0.25, -0.2) is 4.79 Å². The number of hydrogen-bond acceptors (Lipinski definition) is 3. The zero-order valence-corrected chi connectivity index (χ0v) is 7.10. The summed E-state index contributed by atoms with van der Waals surface area (Å²) in [5, 5.41) is -0.135. The molecule has 58 valence electrons. The van der Waals surface area contributed by atoms with Crippen LogP contribution in [0.25, 0.3) is 0 Å². The van der Waals surface area contributed by atoms with Crippen LogP contribution in [-0.4, -0.2) is 11.5 Å². The molecule has 0 heterocycles. The first kappa shape index (κ1) is 9.73. The average Bonchev–Trinajstić information content (AvgIpc) is 1.89. The number of unbranched alkanes of at least 4 members (excludes halogenated alkanes) is 2. The highest BCUT2D eigenvalue weighted by atomic mass is 32.1. The Hall–Kier alpha value is -0.270. The number of rotatable bonds is 5. The lowest BCUT2D eigenvalue weighted by atomic mass is 10.2. The van der Waals surface area contributed by atoms with Gasteiger partial charge in [-0.2, -0.15) is 17.6 Å². The lowest BCUT2D eigenvalue weighted by Crippen LogP contribution is -1.92. The number of aliphatic imine (C=N–C) groups is 1. The molecule has 0 amide bonds. The molecule has 0 aliphatic heterocycles. The molecule has 0 bridgehead atoms. The van der Waals surface area contributed by atoms with E-state index in [-0.39, 0.29) is 5.37 Å². The van der Waals surface area contributed by atoms with Crippen molar-refractivity contribution in [3.05, 3.63) is 0 Å². The molecule has 0 radical (unpaired) electrons. The van der Waals surface area contributed by atoms with Crippen molar-refractivity contribution in [1.29, 1.82) is 0 Å². The Morgan fingerprint density at radius 2 is 2.30 bits per heavy atom. The van der Waals surface area contributed by atoms with Crippen LogP contribution in [0, 0.1) is 0 Å². The van der Waals surface area contributed by atoms with Gasteiger partial charge in [-0.1, -0.05) is 26.2 Å². The van der Waals surface area contributed by atoms with Gasteiger partial charge in [-0.05, 0) is 6.42 Å². The Morgan fingerprint density at radius 1 is 1.60 bits per heavy atom. The molecule has 2 nitrogen and oxygen atoms in total. The van der Waals surface area contributed by atoms with E-state index < -0.39 is 0 Å². The van der Waals surface area contributed by atoms with Crippen molar-refractivity contribution in [2.24, 2.45) is 4.99 Å². The lowest BCUT2D eigenvalue weighted by molar-refractivity contribution is 0.559. The molecule has 0 rings (SSSR count). The highest BCUT2D eigenvalue weighted by Crippen LogP contribution is 2.08. The molecule has 3 heteroatoms. The van der Waals surface area contributed by atoms with Crippen molar-refractivity contribution < 1.29 is 4.79 Å². The lowest BCUT2D eigenvalue weighted by Gasteiger charge is -1.99. The number of isocyanates is 1. The fourth-order valence-electron chi connectivity index (χ4n) is 0.702. The van der Waals surface area contributed by atoms with Crippen LogP contribution < -0.4 is 0 Å². The first-order valence-corrected chi connectivity index (χ1v) is 4.08. The predicted octanol–water partition coefficient (Wildman–Crippen LogP) is 2.16. The van der Waals surface area contributed by atoms with Crippen LogP contribution in [0.5, 0.6) is 0 Å². The number of nitrogens with zero attached hydrogens (tertiary/aromatic N) is 1. The normalized spacial score (nSPS) is 12.2. The van der Waals surface area contributed by atoms with Crippen molar-refractivity contribution in [2.75, 3.05) is 0 Å². The molecule has 0 fully saturated rings. The number of thiol groups is 1. The van der Waals surface area contributed by atoms with Gasteiger partial charge >= 0.3 is 0 Å². The molecule has 0 spiro atoms. The van der Waals surface area contributed by atoms with Gasteiger partial charge < -0.3 is 0 Å². The Kier molecular flexibility index (Phi) is 6.66. The van der Waals surface area contributed by atoms with Gasteiger partial charge in [0, 0.05) is 0 Å². The van der Waals surface area contributed by atoms with Gasteiger partial charge in [0.15, 0.2) is 0 Å². The highest BCUT2D eigenvalue weighted by molar-refractivity contribution is 7.80. The van der Waals surface area contributed by atoms with Crippen molar-refractivity contribution >= 4 is 18.7 Å². The van der Waals surface area contributed by atoms with Crippen LogP contribution >= 0.6 is 12.6 Å². The molecule has 0 aliphatic rings. The summed E-state index contributed by atoms with van der Waals surface area (Å²) in [6.45, 7) is 2.14. The van der Waals surface area contributed by atoms with E-state index in [4.69, 9.17) is 0 Å². The molecule has 10 heavy (non-hydrogen) atoms.